The van der Waals surface area contributed by atoms with E-state index in [-0.39, 0.29) is 24.3 Å². The standard InChI is InChI=1S/C20H20F2N4O/c1-24(2)20(27)17-11-23-26-7-6-16(10-19(17)26)25-12-15(22)9-18(25)13-4-3-5-14(21)8-13/h3-8,10-11,15,18H,9,12H2,1-2H3. The maximum atomic E-state index is 14.2. The number of alkyl halides is 1. The highest BCUT2D eigenvalue weighted by Crippen LogP contribution is 2.38. The Balaban J connectivity index is 1.76. The maximum Gasteiger partial charge on any atom is 0.257 e. The number of amides is 1. The van der Waals surface area contributed by atoms with E-state index in [2.05, 4.69) is 5.10 Å². The SMILES string of the molecule is CN(C)C(=O)c1cnn2ccc(N3CC(F)CC3c3cccc(F)c3)cc12. The van der Waals surface area contributed by atoms with E-state index >= 15 is 0 Å². The average Bonchev–Trinajstić information content (AvgIpc) is 3.24. The van der Waals surface area contributed by atoms with Crippen molar-refractivity contribution in [2.45, 2.75) is 18.6 Å². The maximum absolute atomic E-state index is 14.2. The molecule has 3 heterocycles. The van der Waals surface area contributed by atoms with Crippen molar-refractivity contribution in [3.63, 3.8) is 0 Å². The first-order valence-electron chi connectivity index (χ1n) is 8.79. The number of fused-ring (bicyclic) bond motifs is 1. The Bertz CT molecular complexity index is 1000. The van der Waals surface area contributed by atoms with Gasteiger partial charge in [-0.3, -0.25) is 4.79 Å². The van der Waals surface area contributed by atoms with Crippen LogP contribution in [0.5, 0.6) is 0 Å². The van der Waals surface area contributed by atoms with E-state index in [0.29, 0.717) is 17.5 Å². The summed E-state index contributed by atoms with van der Waals surface area (Å²) in [6.45, 7) is 0.225. The minimum absolute atomic E-state index is 0.145. The highest BCUT2D eigenvalue weighted by molar-refractivity contribution is 6.00. The van der Waals surface area contributed by atoms with Crippen LogP contribution < -0.4 is 4.90 Å². The Morgan fingerprint density at radius 3 is 2.81 bits per heavy atom. The number of pyridine rings is 1. The van der Waals surface area contributed by atoms with Crippen LogP contribution in [0.4, 0.5) is 14.5 Å². The summed E-state index contributed by atoms with van der Waals surface area (Å²) in [6, 6.07) is 9.72. The van der Waals surface area contributed by atoms with Gasteiger partial charge >= 0.3 is 0 Å². The smallest absolute Gasteiger partial charge is 0.257 e. The molecule has 0 spiro atoms. The van der Waals surface area contributed by atoms with Gasteiger partial charge in [0.05, 0.1) is 23.3 Å². The first-order chi connectivity index (χ1) is 12.9. The molecule has 0 saturated carbocycles. The molecule has 1 saturated heterocycles. The molecule has 2 unspecified atom stereocenters. The zero-order chi connectivity index (χ0) is 19.1. The highest BCUT2D eigenvalue weighted by atomic mass is 19.1. The molecule has 1 fully saturated rings. The third-order valence-electron chi connectivity index (χ3n) is 4.96. The summed E-state index contributed by atoms with van der Waals surface area (Å²) in [5, 5.41) is 4.22. The summed E-state index contributed by atoms with van der Waals surface area (Å²) in [7, 11) is 3.37. The van der Waals surface area contributed by atoms with Gasteiger partial charge in [0.15, 0.2) is 0 Å². The van der Waals surface area contributed by atoms with Gasteiger partial charge in [-0.1, -0.05) is 12.1 Å². The molecule has 5 nitrogen and oxygen atoms in total. The molecule has 0 aliphatic carbocycles. The first-order valence-corrected chi connectivity index (χ1v) is 8.79. The van der Waals surface area contributed by atoms with Crippen LogP contribution >= 0.6 is 0 Å². The monoisotopic (exact) mass is 370 g/mol. The molecule has 1 aliphatic rings. The van der Waals surface area contributed by atoms with Crippen molar-refractivity contribution < 1.29 is 13.6 Å². The van der Waals surface area contributed by atoms with Crippen molar-refractivity contribution in [1.29, 1.82) is 0 Å². The molecule has 0 radical (unpaired) electrons. The normalized spacial score (nSPS) is 19.6. The van der Waals surface area contributed by atoms with Gasteiger partial charge < -0.3 is 9.80 Å². The zero-order valence-corrected chi connectivity index (χ0v) is 15.1. The van der Waals surface area contributed by atoms with Gasteiger partial charge in [0.2, 0.25) is 0 Å². The highest BCUT2D eigenvalue weighted by Gasteiger charge is 2.34. The van der Waals surface area contributed by atoms with Crippen LogP contribution in [0, 0.1) is 5.82 Å². The average molecular weight is 370 g/mol. The van der Waals surface area contributed by atoms with Gasteiger partial charge in [0.25, 0.3) is 5.91 Å². The van der Waals surface area contributed by atoms with Gasteiger partial charge in [-0.05, 0) is 29.8 Å². The van der Waals surface area contributed by atoms with Crippen LogP contribution in [-0.2, 0) is 0 Å². The third kappa shape index (κ3) is 3.13. The van der Waals surface area contributed by atoms with Crippen molar-refractivity contribution in [2.24, 2.45) is 0 Å². The lowest BCUT2D eigenvalue weighted by atomic mass is 10.0. The van der Waals surface area contributed by atoms with Crippen LogP contribution in [0.15, 0.2) is 48.8 Å². The second-order valence-corrected chi connectivity index (χ2v) is 7.03. The van der Waals surface area contributed by atoms with Crippen LogP contribution in [0.25, 0.3) is 5.52 Å². The molecule has 2 atom stereocenters. The van der Waals surface area contributed by atoms with E-state index in [1.165, 1.54) is 23.2 Å². The second-order valence-electron chi connectivity index (χ2n) is 7.03. The fraction of sp³-hybridized carbons (Fsp3) is 0.300. The fourth-order valence-electron chi connectivity index (χ4n) is 3.65. The van der Waals surface area contributed by atoms with Crippen LogP contribution in [-0.4, -0.2) is 47.2 Å². The van der Waals surface area contributed by atoms with Gasteiger partial charge in [-0.2, -0.15) is 5.10 Å². The summed E-state index contributed by atoms with van der Waals surface area (Å²) < 4.78 is 29.5. The predicted molar refractivity (Wildman–Crippen MR) is 99.2 cm³/mol. The number of carbonyl (C=O) groups is 1. The second kappa shape index (κ2) is 6.64. The Hall–Kier alpha value is -2.96. The van der Waals surface area contributed by atoms with E-state index < -0.39 is 6.17 Å². The topological polar surface area (TPSA) is 40.9 Å². The molecular formula is C20H20F2N4O. The molecular weight excluding hydrogens is 350 g/mol. The molecule has 2 aromatic heterocycles. The molecule has 1 aliphatic heterocycles. The van der Waals surface area contributed by atoms with E-state index in [0.717, 1.165) is 11.3 Å². The number of benzene rings is 1. The summed E-state index contributed by atoms with van der Waals surface area (Å²) in [5.41, 5.74) is 2.67. The largest absolute Gasteiger partial charge is 0.361 e. The molecule has 4 rings (SSSR count). The van der Waals surface area contributed by atoms with Gasteiger partial charge in [0, 0.05) is 38.9 Å². The van der Waals surface area contributed by atoms with Gasteiger partial charge in [0.1, 0.15) is 12.0 Å². The van der Waals surface area contributed by atoms with E-state index in [9.17, 15) is 13.6 Å². The molecule has 0 bridgehead atoms. The molecule has 0 N–H and O–H groups in total. The molecule has 1 amide bonds. The Labute approximate surface area is 155 Å². The van der Waals surface area contributed by atoms with E-state index in [1.54, 1.807) is 30.9 Å². The lowest BCUT2D eigenvalue weighted by Gasteiger charge is -2.27. The number of halogens is 2. The van der Waals surface area contributed by atoms with Crippen molar-refractivity contribution >= 4 is 17.1 Å². The number of aromatic nitrogens is 2. The van der Waals surface area contributed by atoms with E-state index in [4.69, 9.17) is 0 Å². The fourth-order valence-corrected chi connectivity index (χ4v) is 3.65. The number of anilines is 1. The number of nitrogens with zero attached hydrogens (tertiary/aromatic N) is 4. The lowest BCUT2D eigenvalue weighted by Crippen LogP contribution is -2.24. The van der Waals surface area contributed by atoms with Crippen molar-refractivity contribution in [3.8, 4) is 0 Å². The molecule has 27 heavy (non-hydrogen) atoms. The van der Waals surface area contributed by atoms with Crippen LogP contribution in [0.3, 0.4) is 0 Å². The molecule has 3 aromatic rings. The van der Waals surface area contributed by atoms with Crippen molar-refractivity contribution in [3.05, 3.63) is 65.7 Å². The summed E-state index contributed by atoms with van der Waals surface area (Å²) >= 11 is 0. The quantitative estimate of drug-likeness (QED) is 0.709. The van der Waals surface area contributed by atoms with E-state index in [1.807, 2.05) is 23.1 Å². The lowest BCUT2D eigenvalue weighted by molar-refractivity contribution is 0.0829. The summed E-state index contributed by atoms with van der Waals surface area (Å²) in [4.78, 5) is 15.8. The van der Waals surface area contributed by atoms with Gasteiger partial charge in [-0.25, -0.2) is 13.3 Å². The number of rotatable bonds is 3. The zero-order valence-electron chi connectivity index (χ0n) is 15.1. The summed E-state index contributed by atoms with van der Waals surface area (Å²) in [6.07, 6.45) is 2.60. The number of carbonyl (C=O) groups excluding carboxylic acids is 1. The number of hydrogen-bond donors (Lipinski definition) is 0. The third-order valence-corrected chi connectivity index (χ3v) is 4.96. The van der Waals surface area contributed by atoms with Gasteiger partial charge in [-0.15, -0.1) is 0 Å². The number of hydrogen-bond acceptors (Lipinski definition) is 3. The molecule has 140 valence electrons. The Morgan fingerprint density at radius 1 is 1.26 bits per heavy atom. The minimum atomic E-state index is -0.998. The molecule has 7 heteroatoms. The van der Waals surface area contributed by atoms with Crippen LogP contribution in [0.2, 0.25) is 0 Å². The Kier molecular flexibility index (Phi) is 4.30. The van der Waals surface area contributed by atoms with Crippen molar-refractivity contribution in [2.75, 3.05) is 25.5 Å². The minimum Gasteiger partial charge on any atom is -0.361 e. The summed E-state index contributed by atoms with van der Waals surface area (Å²) in [5.74, 6) is -0.478. The predicted octanol–water partition coefficient (Wildman–Crippen LogP) is 3.46. The van der Waals surface area contributed by atoms with Crippen LogP contribution in [0.1, 0.15) is 28.4 Å². The van der Waals surface area contributed by atoms with Crippen molar-refractivity contribution in [1.82, 2.24) is 14.5 Å². The first kappa shape index (κ1) is 17.5. The molecule has 1 aromatic carbocycles. The Morgan fingerprint density at radius 2 is 2.07 bits per heavy atom.